The highest BCUT2D eigenvalue weighted by atomic mass is 79.9. The van der Waals surface area contributed by atoms with Crippen molar-refractivity contribution in [1.29, 1.82) is 0 Å². The van der Waals surface area contributed by atoms with E-state index in [0.29, 0.717) is 13.0 Å². The van der Waals surface area contributed by atoms with Crippen LogP contribution in [0.4, 0.5) is 0 Å². The van der Waals surface area contributed by atoms with Crippen LogP contribution in [-0.4, -0.2) is 30.8 Å². The Kier molecular flexibility index (Phi) is 5.43. The smallest absolute Gasteiger partial charge is 0.224 e. The van der Waals surface area contributed by atoms with Crippen molar-refractivity contribution in [3.63, 3.8) is 0 Å². The maximum atomic E-state index is 12.0. The Morgan fingerprint density at radius 2 is 2.30 bits per heavy atom. The number of hydrogen-bond donors (Lipinski definition) is 2. The van der Waals surface area contributed by atoms with Crippen molar-refractivity contribution in [3.05, 3.63) is 28.2 Å². The quantitative estimate of drug-likeness (QED) is 0.863. The van der Waals surface area contributed by atoms with E-state index in [-0.39, 0.29) is 17.9 Å². The lowest BCUT2D eigenvalue weighted by Crippen LogP contribution is -2.33. The van der Waals surface area contributed by atoms with Gasteiger partial charge in [0.05, 0.1) is 19.6 Å². The van der Waals surface area contributed by atoms with Gasteiger partial charge in [-0.05, 0) is 36.6 Å². The van der Waals surface area contributed by atoms with Crippen LogP contribution in [0.3, 0.4) is 0 Å². The molecule has 1 amide bonds. The molecule has 0 saturated heterocycles. The summed E-state index contributed by atoms with van der Waals surface area (Å²) in [4.78, 5) is 12.0. The molecule has 5 heteroatoms. The Bertz CT molecular complexity index is 478. The Hall–Kier alpha value is -1.07. The fraction of sp³-hybridized carbons (Fsp3) is 0.533. The molecule has 1 aromatic rings. The van der Waals surface area contributed by atoms with Crippen molar-refractivity contribution >= 4 is 21.8 Å². The van der Waals surface area contributed by atoms with E-state index < -0.39 is 0 Å². The zero-order valence-electron chi connectivity index (χ0n) is 11.6. The molecule has 1 aromatic carbocycles. The highest BCUT2D eigenvalue weighted by Crippen LogP contribution is 2.25. The number of methoxy groups -OCH3 is 1. The Morgan fingerprint density at radius 1 is 1.50 bits per heavy atom. The third-order valence-electron chi connectivity index (χ3n) is 3.78. The molecule has 0 aliphatic heterocycles. The lowest BCUT2D eigenvalue weighted by Gasteiger charge is -2.15. The number of carbonyl (C=O) groups is 1. The van der Waals surface area contributed by atoms with Gasteiger partial charge in [0.25, 0.3) is 0 Å². The normalized spacial score (nSPS) is 21.8. The largest absolute Gasteiger partial charge is 0.497 e. The van der Waals surface area contributed by atoms with E-state index in [4.69, 9.17) is 4.74 Å². The highest BCUT2D eigenvalue weighted by molar-refractivity contribution is 9.10. The average Bonchev–Trinajstić information content (AvgIpc) is 2.84. The molecular weight excluding hydrogens is 322 g/mol. The summed E-state index contributed by atoms with van der Waals surface area (Å²) in [6, 6.07) is 5.58. The highest BCUT2D eigenvalue weighted by Gasteiger charge is 2.25. The second-order valence-electron chi connectivity index (χ2n) is 5.20. The van der Waals surface area contributed by atoms with Crippen molar-refractivity contribution in [2.75, 3.05) is 13.7 Å². The lowest BCUT2D eigenvalue weighted by atomic mass is 10.1. The topological polar surface area (TPSA) is 58.6 Å². The molecule has 0 bridgehead atoms. The number of carbonyl (C=O) groups excluding carboxylic acids is 1. The van der Waals surface area contributed by atoms with Crippen LogP contribution >= 0.6 is 15.9 Å². The van der Waals surface area contributed by atoms with Crippen LogP contribution in [0.2, 0.25) is 0 Å². The molecule has 20 heavy (non-hydrogen) atoms. The van der Waals surface area contributed by atoms with Gasteiger partial charge in [-0.1, -0.05) is 22.4 Å². The van der Waals surface area contributed by atoms with Gasteiger partial charge in [-0.25, -0.2) is 0 Å². The molecule has 0 spiro atoms. The summed E-state index contributed by atoms with van der Waals surface area (Å²) in [7, 11) is 1.61. The molecule has 4 nitrogen and oxygen atoms in total. The van der Waals surface area contributed by atoms with Crippen molar-refractivity contribution in [3.8, 4) is 5.75 Å². The van der Waals surface area contributed by atoms with Crippen LogP contribution in [0.25, 0.3) is 0 Å². The standard InChI is InChI=1S/C15H20BrNO3/c1-20-12-5-6-13(16)11(7-12)8-15(19)17-9-10-3-2-4-14(10)18/h5-7,10,14,18H,2-4,8-9H2,1H3,(H,17,19)/t10-,14+/m1/s1. The first-order chi connectivity index (χ1) is 9.60. The van der Waals surface area contributed by atoms with Gasteiger partial charge in [0.15, 0.2) is 0 Å². The van der Waals surface area contributed by atoms with Gasteiger partial charge in [0.1, 0.15) is 5.75 Å². The van der Waals surface area contributed by atoms with Gasteiger partial charge in [-0.3, -0.25) is 4.79 Å². The molecule has 1 aliphatic rings. The molecule has 0 unspecified atom stereocenters. The SMILES string of the molecule is COc1ccc(Br)c(CC(=O)NC[C@H]2CCC[C@@H]2O)c1. The first-order valence-corrected chi connectivity index (χ1v) is 7.66. The second-order valence-corrected chi connectivity index (χ2v) is 6.05. The molecule has 0 aromatic heterocycles. The summed E-state index contributed by atoms with van der Waals surface area (Å²) >= 11 is 3.44. The van der Waals surface area contributed by atoms with Crippen LogP contribution < -0.4 is 10.1 Å². The predicted octanol–water partition coefficient (Wildman–Crippen LogP) is 2.28. The molecule has 1 saturated carbocycles. The summed E-state index contributed by atoms with van der Waals surface area (Å²) in [5.41, 5.74) is 0.897. The number of halogens is 1. The minimum Gasteiger partial charge on any atom is -0.497 e. The summed E-state index contributed by atoms with van der Waals surface area (Å²) in [6.45, 7) is 0.557. The summed E-state index contributed by atoms with van der Waals surface area (Å²) < 4.78 is 6.06. The summed E-state index contributed by atoms with van der Waals surface area (Å²) in [5.74, 6) is 0.910. The third kappa shape index (κ3) is 3.96. The van der Waals surface area contributed by atoms with E-state index in [2.05, 4.69) is 21.2 Å². The van der Waals surface area contributed by atoms with Crippen molar-refractivity contribution < 1.29 is 14.6 Å². The monoisotopic (exact) mass is 341 g/mol. The summed E-state index contributed by atoms with van der Waals surface area (Å²) in [5, 5.41) is 12.6. The first kappa shape index (κ1) is 15.3. The molecular formula is C15H20BrNO3. The molecule has 0 radical (unpaired) electrons. The van der Waals surface area contributed by atoms with E-state index in [1.807, 2.05) is 18.2 Å². The number of aliphatic hydroxyl groups excluding tert-OH is 1. The minimum absolute atomic E-state index is 0.0296. The van der Waals surface area contributed by atoms with Gasteiger partial charge in [0.2, 0.25) is 5.91 Å². The third-order valence-corrected chi connectivity index (χ3v) is 4.56. The Balaban J connectivity index is 1.87. The number of aliphatic hydroxyl groups is 1. The number of benzene rings is 1. The van der Waals surface area contributed by atoms with Gasteiger partial charge < -0.3 is 15.2 Å². The van der Waals surface area contributed by atoms with E-state index in [1.54, 1.807) is 7.11 Å². The van der Waals surface area contributed by atoms with Crippen molar-refractivity contribution in [2.24, 2.45) is 5.92 Å². The lowest BCUT2D eigenvalue weighted by molar-refractivity contribution is -0.120. The molecule has 2 N–H and O–H groups in total. The zero-order valence-corrected chi connectivity index (χ0v) is 13.1. The van der Waals surface area contributed by atoms with Gasteiger partial charge >= 0.3 is 0 Å². The zero-order chi connectivity index (χ0) is 14.5. The van der Waals surface area contributed by atoms with Crippen LogP contribution in [-0.2, 0) is 11.2 Å². The fourth-order valence-electron chi connectivity index (χ4n) is 2.55. The minimum atomic E-state index is -0.265. The molecule has 2 rings (SSSR count). The predicted molar refractivity (Wildman–Crippen MR) is 80.8 cm³/mol. The second kappa shape index (κ2) is 7.09. The van der Waals surface area contributed by atoms with Crippen molar-refractivity contribution in [1.82, 2.24) is 5.32 Å². The van der Waals surface area contributed by atoms with Gasteiger partial charge in [-0.2, -0.15) is 0 Å². The van der Waals surface area contributed by atoms with E-state index in [0.717, 1.165) is 35.0 Å². The number of nitrogens with one attached hydrogen (secondary N) is 1. The van der Waals surface area contributed by atoms with Crippen LogP contribution in [0.1, 0.15) is 24.8 Å². The fourth-order valence-corrected chi connectivity index (χ4v) is 2.94. The number of rotatable bonds is 5. The van der Waals surface area contributed by atoms with E-state index >= 15 is 0 Å². The average molecular weight is 342 g/mol. The van der Waals surface area contributed by atoms with Gasteiger partial charge in [0, 0.05) is 16.9 Å². The molecule has 110 valence electrons. The maximum Gasteiger partial charge on any atom is 0.224 e. The maximum absolute atomic E-state index is 12.0. The Labute approximate surface area is 127 Å². The van der Waals surface area contributed by atoms with Crippen molar-refractivity contribution in [2.45, 2.75) is 31.8 Å². The van der Waals surface area contributed by atoms with Crippen LogP contribution in [0, 0.1) is 5.92 Å². The molecule has 0 heterocycles. The summed E-state index contributed by atoms with van der Waals surface area (Å²) in [6.07, 6.45) is 2.93. The van der Waals surface area contributed by atoms with E-state index in [9.17, 15) is 9.90 Å². The van der Waals surface area contributed by atoms with Gasteiger partial charge in [-0.15, -0.1) is 0 Å². The van der Waals surface area contributed by atoms with Crippen LogP contribution in [0.5, 0.6) is 5.75 Å². The number of ether oxygens (including phenoxy) is 1. The Morgan fingerprint density at radius 3 is 2.95 bits per heavy atom. The number of amides is 1. The molecule has 2 atom stereocenters. The molecule has 1 fully saturated rings. The van der Waals surface area contributed by atoms with Crippen LogP contribution in [0.15, 0.2) is 22.7 Å². The first-order valence-electron chi connectivity index (χ1n) is 6.87. The number of hydrogen-bond acceptors (Lipinski definition) is 3. The van der Waals surface area contributed by atoms with E-state index in [1.165, 1.54) is 0 Å². The molecule has 1 aliphatic carbocycles.